The molecule has 26 nitrogen and oxygen atoms in total. The van der Waals surface area contributed by atoms with Crippen LogP contribution in [0.3, 0.4) is 0 Å². The molecule has 410 valence electrons. The van der Waals surface area contributed by atoms with Crippen molar-refractivity contribution >= 4 is 95.7 Å². The van der Waals surface area contributed by atoms with Gasteiger partial charge in [-0.25, -0.2) is 19.2 Å². The Bertz CT molecular complexity index is 2500. The van der Waals surface area contributed by atoms with Crippen molar-refractivity contribution in [3.63, 3.8) is 0 Å². The first kappa shape index (κ1) is 63.4. The van der Waals surface area contributed by atoms with Gasteiger partial charge in [0, 0.05) is 36.3 Å². The van der Waals surface area contributed by atoms with E-state index in [1.807, 2.05) is 0 Å². The molecular weight excluding hydrogens is 1050 g/mol. The van der Waals surface area contributed by atoms with Crippen LogP contribution in [0.4, 0.5) is 11.4 Å². The Hall–Kier alpha value is -8.72. The van der Waals surface area contributed by atoms with Gasteiger partial charge in [0.25, 0.3) is 0 Å². The molecule has 0 bridgehead atoms. The van der Waals surface area contributed by atoms with Crippen LogP contribution in [0, 0.1) is 10.8 Å². The van der Waals surface area contributed by atoms with Crippen molar-refractivity contribution in [1.82, 2.24) is 10.6 Å². The van der Waals surface area contributed by atoms with Gasteiger partial charge >= 0.3 is 35.8 Å². The third-order valence-corrected chi connectivity index (χ3v) is 9.91. The number of hydrogen-bond acceptors (Lipinski definition) is 16. The average Bonchev–Trinajstić information content (AvgIpc) is 3.33. The van der Waals surface area contributed by atoms with Gasteiger partial charge in [0.05, 0.1) is 50.4 Å². The van der Waals surface area contributed by atoms with Crippen LogP contribution in [-0.4, -0.2) is 132 Å². The lowest BCUT2D eigenvalue weighted by Crippen LogP contribution is -2.42. The normalized spacial score (nSPS) is 11.1. The number of guanidine groups is 2. The van der Waals surface area contributed by atoms with Crippen LogP contribution in [0.2, 0.25) is 0 Å². The van der Waals surface area contributed by atoms with Gasteiger partial charge in [-0.05, 0) is 84.6 Å². The Morgan fingerprint density at radius 3 is 1.16 bits per heavy atom. The monoisotopic (exact) mass is 1100 g/mol. The highest BCUT2D eigenvalue weighted by molar-refractivity contribution is 5.95. The zero-order valence-corrected chi connectivity index (χ0v) is 41.8. The third kappa shape index (κ3) is 23.0. The summed E-state index contributed by atoms with van der Waals surface area (Å²) in [4.78, 5) is 96.2. The summed E-state index contributed by atoms with van der Waals surface area (Å²) in [5.41, 5.74) is 12.9. The number of nitrogens with one attached hydrogen (secondary N) is 6. The summed E-state index contributed by atoms with van der Waals surface area (Å²) in [6.45, 7) is 0.172. The predicted octanol–water partition coefficient (Wildman–Crippen LogP) is 3.02. The number of carboxylic acids is 4. The number of carbonyl (C=O) groups excluding carboxylic acids is 4. The minimum atomic E-state index is -1.65. The number of benzene rings is 4. The average molecular weight is 1100 g/mol. The van der Waals surface area contributed by atoms with Gasteiger partial charge in [-0.15, -0.1) is 24.8 Å². The van der Waals surface area contributed by atoms with E-state index in [4.69, 9.17) is 60.9 Å². The number of esters is 2. The molecular formula is C48H56Cl2N8O18. The maximum atomic E-state index is 12.9. The topological polar surface area (TPSA) is 421 Å². The van der Waals surface area contributed by atoms with Gasteiger partial charge < -0.3 is 81.6 Å². The van der Waals surface area contributed by atoms with Crippen molar-refractivity contribution in [3.05, 3.63) is 107 Å². The summed E-state index contributed by atoms with van der Waals surface area (Å²) < 4.78 is 34.3. The summed E-state index contributed by atoms with van der Waals surface area (Å²) in [6, 6.07) is 17.4. The number of carboxylic acid groups (broad SMARTS) is 4. The molecule has 0 saturated heterocycles. The van der Waals surface area contributed by atoms with E-state index in [1.165, 1.54) is 84.9 Å². The minimum Gasteiger partial charge on any atom is -0.491 e. The quantitative estimate of drug-likeness (QED) is 0.0113. The Labute approximate surface area is 445 Å². The Kier molecular flexibility index (Phi) is 27.1. The highest BCUT2D eigenvalue weighted by Gasteiger charge is 2.25. The number of carbonyl (C=O) groups is 8. The Balaban J connectivity index is 0.00000988. The number of aryl methyl sites for hydroxylation is 2. The van der Waals surface area contributed by atoms with E-state index >= 15 is 0 Å². The Morgan fingerprint density at radius 2 is 0.842 bits per heavy atom. The summed E-state index contributed by atoms with van der Waals surface area (Å²) in [6.07, 6.45) is -2.13. The van der Waals surface area contributed by atoms with Crippen LogP contribution in [-0.2, 0) is 51.1 Å². The largest absolute Gasteiger partial charge is 0.491 e. The number of anilines is 2. The van der Waals surface area contributed by atoms with Gasteiger partial charge in [-0.2, -0.15) is 0 Å². The lowest BCUT2D eigenvalue weighted by atomic mass is 10.1. The fraction of sp³-hybridized carbons (Fsp3) is 0.292. The minimum absolute atomic E-state index is 0. The number of nitrogens with two attached hydrogens (primary N) is 2. The molecule has 76 heavy (non-hydrogen) atoms. The van der Waals surface area contributed by atoms with E-state index in [0.29, 0.717) is 22.5 Å². The molecule has 4 aromatic rings. The molecule has 14 N–H and O–H groups in total. The zero-order chi connectivity index (χ0) is 54.2. The van der Waals surface area contributed by atoms with Gasteiger partial charge in [-0.3, -0.25) is 30.0 Å². The number of rotatable bonds is 31. The van der Waals surface area contributed by atoms with E-state index in [9.17, 15) is 48.6 Å². The lowest BCUT2D eigenvalue weighted by molar-refractivity contribution is -0.147. The molecule has 2 amide bonds. The first-order chi connectivity index (χ1) is 35.3. The van der Waals surface area contributed by atoms with Crippen LogP contribution < -0.4 is 51.7 Å². The number of ether oxygens (including phenoxy) is 6. The molecule has 0 aliphatic carbocycles. The standard InChI is InChI=1S/C48H54N8O18.2ClH/c49-47(50)53-31-9-1-29(2-10-31)45(67)73-33-13-5-27(7-15-39(57)55-35(43(63)64)25-41(59)60)37(23-33)71-21-19-69-17-18-70-20-22-72-38-24-34(74-46(68)30-3-11-32(12-4-30)54-48(51)52)14-6-28(38)8-16-40(58)56-36(44(65)66)26-42(61)62;;/h1-6,9-14,23-24,35-36H,7-8,15-22,25-26H2,(H,55,57)(H,56,58)(H,59,60)(H,61,62)(H,63,64)(H,65,66)(H4,49,50,53)(H4,51,52,54);2*1H/t35-,36-;;/m0../s1. The van der Waals surface area contributed by atoms with Crippen LogP contribution in [0.5, 0.6) is 23.0 Å². The molecule has 0 aliphatic heterocycles. The second-order valence-corrected chi connectivity index (χ2v) is 15.6. The number of halogens is 2. The van der Waals surface area contributed by atoms with E-state index in [0.717, 1.165) is 0 Å². The molecule has 4 rings (SSSR count). The van der Waals surface area contributed by atoms with Gasteiger partial charge in [0.1, 0.15) is 48.3 Å². The molecule has 0 unspecified atom stereocenters. The van der Waals surface area contributed by atoms with Crippen molar-refractivity contribution in [3.8, 4) is 23.0 Å². The number of aliphatic carboxylic acids is 4. The molecule has 0 aromatic heterocycles. The van der Waals surface area contributed by atoms with Gasteiger partial charge in [0.15, 0.2) is 11.9 Å². The summed E-state index contributed by atoms with van der Waals surface area (Å²) in [5.74, 6) is -8.83. The van der Waals surface area contributed by atoms with E-state index in [1.54, 1.807) is 0 Å². The van der Waals surface area contributed by atoms with E-state index in [-0.39, 0.29) is 136 Å². The van der Waals surface area contributed by atoms with Crippen molar-refractivity contribution in [2.45, 2.75) is 50.6 Å². The first-order valence-corrected chi connectivity index (χ1v) is 22.3. The molecule has 4 aromatic carbocycles. The summed E-state index contributed by atoms with van der Waals surface area (Å²) >= 11 is 0. The molecule has 2 atom stereocenters. The van der Waals surface area contributed by atoms with Crippen LogP contribution in [0.15, 0.2) is 84.9 Å². The highest BCUT2D eigenvalue weighted by atomic mass is 35.5. The fourth-order valence-electron chi connectivity index (χ4n) is 6.42. The van der Waals surface area contributed by atoms with Crippen LogP contribution in [0.25, 0.3) is 0 Å². The SMILES string of the molecule is Cl.Cl.N=C(N)Nc1ccc(C(=O)Oc2ccc(CCC(=O)N[C@@H](CC(=O)O)C(=O)O)c(OCCOCCOCCOc3cc(OC(=O)c4ccc(NC(=N)N)cc4)ccc3CCC(=O)N[C@@H](CC(=O)O)C(=O)O)c2)cc1. The second-order valence-electron chi connectivity index (χ2n) is 15.6. The summed E-state index contributed by atoms with van der Waals surface area (Å²) in [5, 5.41) is 60.9. The molecule has 0 spiro atoms. The second kappa shape index (κ2) is 32.5. The maximum absolute atomic E-state index is 12.9. The number of hydrogen-bond donors (Lipinski definition) is 12. The van der Waals surface area contributed by atoms with Crippen molar-refractivity contribution in [2.75, 3.05) is 50.3 Å². The molecule has 28 heteroatoms. The highest BCUT2D eigenvalue weighted by Crippen LogP contribution is 2.29. The van der Waals surface area contributed by atoms with E-state index < -0.39 is 72.6 Å². The van der Waals surface area contributed by atoms with Gasteiger partial charge in [0.2, 0.25) is 11.8 Å². The summed E-state index contributed by atoms with van der Waals surface area (Å²) in [7, 11) is 0. The Morgan fingerprint density at radius 1 is 0.500 bits per heavy atom. The van der Waals surface area contributed by atoms with E-state index in [2.05, 4.69) is 21.3 Å². The molecule has 0 aliphatic rings. The fourth-order valence-corrected chi connectivity index (χ4v) is 6.42. The van der Waals surface area contributed by atoms with Crippen LogP contribution >= 0.6 is 24.8 Å². The van der Waals surface area contributed by atoms with Crippen molar-refractivity contribution in [2.24, 2.45) is 11.5 Å². The van der Waals surface area contributed by atoms with Crippen molar-refractivity contribution < 1.29 is 87.2 Å². The molecule has 0 heterocycles. The molecule has 0 saturated carbocycles. The zero-order valence-electron chi connectivity index (χ0n) is 40.2. The lowest BCUT2D eigenvalue weighted by Gasteiger charge is -2.16. The van der Waals surface area contributed by atoms with Crippen LogP contribution in [0.1, 0.15) is 57.5 Å². The van der Waals surface area contributed by atoms with Crippen molar-refractivity contribution in [1.29, 1.82) is 10.8 Å². The smallest absolute Gasteiger partial charge is 0.343 e. The maximum Gasteiger partial charge on any atom is 0.343 e. The molecule has 0 fully saturated rings. The predicted molar refractivity (Wildman–Crippen MR) is 274 cm³/mol. The third-order valence-electron chi connectivity index (χ3n) is 9.91. The van der Waals surface area contributed by atoms with Gasteiger partial charge in [-0.1, -0.05) is 12.1 Å². The first-order valence-electron chi connectivity index (χ1n) is 22.3. The molecule has 0 radical (unpaired) electrons. The number of amides is 2.